The largest absolute Gasteiger partial charge is 0.481 e. The number of nitro groups is 1. The van der Waals surface area contributed by atoms with Crippen molar-refractivity contribution in [3.05, 3.63) is 38.9 Å². The summed E-state index contributed by atoms with van der Waals surface area (Å²) in [5, 5.41) is 23.3. The first-order chi connectivity index (χ1) is 9.81. The van der Waals surface area contributed by atoms with E-state index in [1.54, 1.807) is 0 Å². The SMILES string of the molecule is CC(C)CC(CNCc1cc([N+](=O)[O-])ccc1Cl)C(=O)O. The zero-order valence-corrected chi connectivity index (χ0v) is 12.8. The van der Waals surface area contributed by atoms with Crippen LogP contribution in [0.2, 0.25) is 5.02 Å². The van der Waals surface area contributed by atoms with E-state index >= 15 is 0 Å². The number of rotatable bonds is 8. The van der Waals surface area contributed by atoms with Crippen LogP contribution in [0.1, 0.15) is 25.8 Å². The average Bonchev–Trinajstić information content (AvgIpc) is 2.38. The van der Waals surface area contributed by atoms with Crippen LogP contribution in [0.15, 0.2) is 18.2 Å². The molecule has 0 spiro atoms. The van der Waals surface area contributed by atoms with Crippen LogP contribution in [-0.4, -0.2) is 22.5 Å². The second-order valence-corrected chi connectivity index (χ2v) is 5.74. The van der Waals surface area contributed by atoms with E-state index in [-0.39, 0.29) is 11.6 Å². The van der Waals surface area contributed by atoms with Crippen molar-refractivity contribution in [3.8, 4) is 0 Å². The van der Waals surface area contributed by atoms with Gasteiger partial charge in [0.25, 0.3) is 5.69 Å². The van der Waals surface area contributed by atoms with Crippen LogP contribution < -0.4 is 5.32 Å². The summed E-state index contributed by atoms with van der Waals surface area (Å²) in [5.41, 5.74) is 0.549. The number of benzene rings is 1. The fourth-order valence-corrected chi connectivity index (χ4v) is 2.22. The molecular formula is C14H19ClN2O4. The van der Waals surface area contributed by atoms with Crippen molar-refractivity contribution in [2.24, 2.45) is 11.8 Å². The van der Waals surface area contributed by atoms with Gasteiger partial charge in [-0.05, 0) is 24.0 Å². The topological polar surface area (TPSA) is 92.5 Å². The van der Waals surface area contributed by atoms with Gasteiger partial charge in [-0.2, -0.15) is 0 Å². The minimum atomic E-state index is -0.846. The molecule has 0 bridgehead atoms. The Balaban J connectivity index is 2.64. The van der Waals surface area contributed by atoms with Gasteiger partial charge in [0.1, 0.15) is 0 Å². The van der Waals surface area contributed by atoms with Crippen LogP contribution in [0, 0.1) is 22.0 Å². The number of nitrogens with zero attached hydrogens (tertiary/aromatic N) is 1. The molecule has 21 heavy (non-hydrogen) atoms. The molecule has 0 aliphatic rings. The number of nitro benzene ring substituents is 1. The Kier molecular flexibility index (Phi) is 6.58. The monoisotopic (exact) mass is 314 g/mol. The fraction of sp³-hybridized carbons (Fsp3) is 0.500. The lowest BCUT2D eigenvalue weighted by Gasteiger charge is -2.15. The third-order valence-corrected chi connectivity index (χ3v) is 3.42. The number of hydrogen-bond donors (Lipinski definition) is 2. The van der Waals surface area contributed by atoms with Crippen molar-refractivity contribution in [3.63, 3.8) is 0 Å². The number of hydrogen-bond acceptors (Lipinski definition) is 4. The molecule has 0 saturated carbocycles. The molecule has 0 aromatic heterocycles. The molecular weight excluding hydrogens is 296 g/mol. The molecule has 6 nitrogen and oxygen atoms in total. The lowest BCUT2D eigenvalue weighted by molar-refractivity contribution is -0.384. The van der Waals surface area contributed by atoms with Crippen LogP contribution in [0.25, 0.3) is 0 Å². The number of nitrogens with one attached hydrogen (secondary N) is 1. The van der Waals surface area contributed by atoms with Gasteiger partial charge in [0.2, 0.25) is 0 Å². The van der Waals surface area contributed by atoms with Crippen molar-refractivity contribution in [2.75, 3.05) is 6.54 Å². The summed E-state index contributed by atoms with van der Waals surface area (Å²) < 4.78 is 0. The van der Waals surface area contributed by atoms with Gasteiger partial charge in [0.15, 0.2) is 0 Å². The lowest BCUT2D eigenvalue weighted by Crippen LogP contribution is -2.29. The van der Waals surface area contributed by atoms with E-state index in [9.17, 15) is 14.9 Å². The summed E-state index contributed by atoms with van der Waals surface area (Å²) in [6, 6.07) is 4.21. The Hall–Kier alpha value is -1.66. The van der Waals surface area contributed by atoms with E-state index in [1.165, 1.54) is 18.2 Å². The molecule has 1 aromatic rings. The maximum absolute atomic E-state index is 11.1. The van der Waals surface area contributed by atoms with Gasteiger partial charge >= 0.3 is 5.97 Å². The average molecular weight is 315 g/mol. The van der Waals surface area contributed by atoms with Gasteiger partial charge in [-0.15, -0.1) is 0 Å². The zero-order chi connectivity index (χ0) is 16.0. The van der Waals surface area contributed by atoms with Crippen molar-refractivity contribution in [1.82, 2.24) is 5.32 Å². The molecule has 1 atom stereocenters. The third kappa shape index (κ3) is 5.69. The van der Waals surface area contributed by atoms with Crippen molar-refractivity contribution in [1.29, 1.82) is 0 Å². The zero-order valence-electron chi connectivity index (χ0n) is 12.0. The quantitative estimate of drug-likeness (QED) is 0.568. The highest BCUT2D eigenvalue weighted by atomic mass is 35.5. The van der Waals surface area contributed by atoms with Gasteiger partial charge in [-0.1, -0.05) is 25.4 Å². The summed E-state index contributed by atoms with van der Waals surface area (Å²) in [6.07, 6.45) is 0.574. The molecule has 1 rings (SSSR count). The standard InChI is InChI=1S/C14H19ClN2O4/c1-9(2)5-11(14(18)19)8-16-7-10-6-12(17(20)21)3-4-13(10)15/h3-4,6,9,11,16H,5,7-8H2,1-2H3,(H,18,19). The summed E-state index contributed by atoms with van der Waals surface area (Å²) in [7, 11) is 0. The molecule has 0 aliphatic heterocycles. The van der Waals surface area contributed by atoms with E-state index in [0.29, 0.717) is 30.1 Å². The summed E-state index contributed by atoms with van der Waals surface area (Å²) >= 11 is 5.98. The molecule has 0 saturated heterocycles. The number of halogens is 1. The first-order valence-corrected chi connectivity index (χ1v) is 7.05. The van der Waals surface area contributed by atoms with Crippen LogP contribution in [-0.2, 0) is 11.3 Å². The Morgan fingerprint density at radius 3 is 2.67 bits per heavy atom. The summed E-state index contributed by atoms with van der Waals surface area (Å²) in [4.78, 5) is 21.4. The minimum absolute atomic E-state index is 0.0341. The van der Waals surface area contributed by atoms with E-state index in [2.05, 4.69) is 5.32 Å². The summed E-state index contributed by atoms with van der Waals surface area (Å²) in [6.45, 7) is 4.52. The van der Waals surface area contributed by atoms with Gasteiger partial charge < -0.3 is 10.4 Å². The highest BCUT2D eigenvalue weighted by Gasteiger charge is 2.18. The number of carbonyl (C=O) groups is 1. The molecule has 0 heterocycles. The Morgan fingerprint density at radius 1 is 1.48 bits per heavy atom. The van der Waals surface area contributed by atoms with Crippen LogP contribution in [0.5, 0.6) is 0 Å². The smallest absolute Gasteiger partial charge is 0.307 e. The normalized spacial score (nSPS) is 12.4. The molecule has 0 amide bonds. The molecule has 1 aromatic carbocycles. The van der Waals surface area contributed by atoms with Gasteiger partial charge in [0, 0.05) is 30.2 Å². The molecule has 0 fully saturated rings. The second kappa shape index (κ2) is 7.95. The number of carboxylic acid groups (broad SMARTS) is 1. The van der Waals surface area contributed by atoms with Crippen LogP contribution in [0.4, 0.5) is 5.69 Å². The van der Waals surface area contributed by atoms with E-state index in [4.69, 9.17) is 16.7 Å². The van der Waals surface area contributed by atoms with Crippen molar-refractivity contribution >= 4 is 23.3 Å². The molecule has 0 aliphatic carbocycles. The van der Waals surface area contributed by atoms with E-state index in [0.717, 1.165) is 0 Å². The molecule has 2 N–H and O–H groups in total. The maximum atomic E-state index is 11.1. The Morgan fingerprint density at radius 2 is 2.14 bits per heavy atom. The Bertz CT molecular complexity index is 520. The first kappa shape index (κ1) is 17.4. The molecule has 7 heteroatoms. The number of aliphatic carboxylic acids is 1. The first-order valence-electron chi connectivity index (χ1n) is 6.67. The van der Waals surface area contributed by atoms with Gasteiger partial charge in [-0.3, -0.25) is 14.9 Å². The van der Waals surface area contributed by atoms with Crippen LogP contribution in [0.3, 0.4) is 0 Å². The Labute approximate surface area is 128 Å². The molecule has 1 unspecified atom stereocenters. The highest BCUT2D eigenvalue weighted by molar-refractivity contribution is 6.31. The molecule has 0 radical (unpaired) electrons. The minimum Gasteiger partial charge on any atom is -0.481 e. The predicted octanol–water partition coefficient (Wildman–Crippen LogP) is 3.08. The van der Waals surface area contributed by atoms with E-state index in [1.807, 2.05) is 13.8 Å². The van der Waals surface area contributed by atoms with Gasteiger partial charge in [0.05, 0.1) is 10.8 Å². The van der Waals surface area contributed by atoms with Crippen molar-refractivity contribution < 1.29 is 14.8 Å². The van der Waals surface area contributed by atoms with E-state index < -0.39 is 16.8 Å². The molecule has 116 valence electrons. The number of non-ortho nitro benzene ring substituents is 1. The van der Waals surface area contributed by atoms with Gasteiger partial charge in [-0.25, -0.2) is 0 Å². The fourth-order valence-electron chi connectivity index (χ4n) is 2.03. The predicted molar refractivity (Wildman–Crippen MR) is 80.4 cm³/mol. The van der Waals surface area contributed by atoms with Crippen molar-refractivity contribution in [2.45, 2.75) is 26.8 Å². The van der Waals surface area contributed by atoms with Crippen LogP contribution >= 0.6 is 11.6 Å². The third-order valence-electron chi connectivity index (χ3n) is 3.05. The summed E-state index contributed by atoms with van der Waals surface area (Å²) in [5.74, 6) is -1.04. The highest BCUT2D eigenvalue weighted by Crippen LogP contribution is 2.22. The number of carboxylic acids is 1. The second-order valence-electron chi connectivity index (χ2n) is 5.33. The maximum Gasteiger partial charge on any atom is 0.307 e. The lowest BCUT2D eigenvalue weighted by atomic mass is 9.97.